The lowest BCUT2D eigenvalue weighted by Gasteiger charge is -2.35. The van der Waals surface area contributed by atoms with E-state index in [4.69, 9.17) is 4.74 Å². The first-order valence-corrected chi connectivity index (χ1v) is 6.65. The highest BCUT2D eigenvalue weighted by atomic mass is 16.5. The number of hydrogen-bond donors (Lipinski definition) is 1. The Hall–Kier alpha value is -1.30. The molecule has 102 valence electrons. The Labute approximate surface area is 107 Å². The summed E-state index contributed by atoms with van der Waals surface area (Å²) in [7, 11) is 0. The first-order chi connectivity index (χ1) is 8.72. The van der Waals surface area contributed by atoms with Gasteiger partial charge in [-0.05, 0) is 19.8 Å². The van der Waals surface area contributed by atoms with Crippen LogP contribution in [0.15, 0.2) is 0 Å². The molecule has 2 heterocycles. The van der Waals surface area contributed by atoms with Crippen LogP contribution in [0.3, 0.4) is 0 Å². The third kappa shape index (κ3) is 2.93. The SMILES string of the molecule is CCNC(=O)N1CCN(C(=O)C2CCCO2)CC1. The van der Waals surface area contributed by atoms with Crippen molar-refractivity contribution in [2.24, 2.45) is 0 Å². The second-order valence-corrected chi connectivity index (χ2v) is 4.65. The van der Waals surface area contributed by atoms with Gasteiger partial charge in [0.15, 0.2) is 0 Å². The molecule has 0 spiro atoms. The first kappa shape index (κ1) is 13.1. The predicted molar refractivity (Wildman–Crippen MR) is 66.2 cm³/mol. The first-order valence-electron chi connectivity index (χ1n) is 6.65. The van der Waals surface area contributed by atoms with E-state index in [1.807, 2.05) is 11.8 Å². The summed E-state index contributed by atoms with van der Waals surface area (Å²) in [6, 6.07) is -0.0401. The lowest BCUT2D eigenvalue weighted by atomic mass is 10.2. The number of amides is 3. The highest BCUT2D eigenvalue weighted by Crippen LogP contribution is 2.15. The molecule has 0 bridgehead atoms. The van der Waals surface area contributed by atoms with Crippen LogP contribution in [0.5, 0.6) is 0 Å². The maximum Gasteiger partial charge on any atom is 0.317 e. The average Bonchev–Trinajstić information content (AvgIpc) is 2.92. The molecule has 2 saturated heterocycles. The lowest BCUT2D eigenvalue weighted by molar-refractivity contribution is -0.142. The maximum absolute atomic E-state index is 12.1. The van der Waals surface area contributed by atoms with Gasteiger partial charge in [0.25, 0.3) is 5.91 Å². The van der Waals surface area contributed by atoms with Crippen molar-refractivity contribution < 1.29 is 14.3 Å². The Kier molecular flexibility index (Phi) is 4.41. The van der Waals surface area contributed by atoms with Crippen molar-refractivity contribution in [2.75, 3.05) is 39.3 Å². The number of carbonyl (C=O) groups is 2. The Bertz CT molecular complexity index is 308. The fourth-order valence-corrected chi connectivity index (χ4v) is 2.37. The van der Waals surface area contributed by atoms with E-state index in [0.717, 1.165) is 12.8 Å². The largest absolute Gasteiger partial charge is 0.368 e. The Morgan fingerprint density at radius 2 is 1.89 bits per heavy atom. The van der Waals surface area contributed by atoms with E-state index in [2.05, 4.69) is 5.32 Å². The minimum Gasteiger partial charge on any atom is -0.368 e. The van der Waals surface area contributed by atoms with Crippen molar-refractivity contribution in [3.63, 3.8) is 0 Å². The van der Waals surface area contributed by atoms with Crippen molar-refractivity contribution in [1.82, 2.24) is 15.1 Å². The third-order valence-electron chi connectivity index (χ3n) is 3.41. The van der Waals surface area contributed by atoms with E-state index >= 15 is 0 Å². The molecule has 0 aromatic carbocycles. The summed E-state index contributed by atoms with van der Waals surface area (Å²) in [6.07, 6.45) is 1.55. The molecular formula is C12H21N3O3. The molecule has 2 aliphatic heterocycles. The molecule has 0 saturated carbocycles. The molecule has 2 fully saturated rings. The monoisotopic (exact) mass is 255 g/mol. The number of carbonyl (C=O) groups excluding carboxylic acids is 2. The number of hydrogen-bond acceptors (Lipinski definition) is 3. The molecule has 6 nitrogen and oxygen atoms in total. The molecule has 1 N–H and O–H groups in total. The number of nitrogens with zero attached hydrogens (tertiary/aromatic N) is 2. The van der Waals surface area contributed by atoms with Gasteiger partial charge in [-0.1, -0.05) is 0 Å². The highest BCUT2D eigenvalue weighted by molar-refractivity contribution is 5.81. The minimum absolute atomic E-state index is 0.0401. The highest BCUT2D eigenvalue weighted by Gasteiger charge is 2.31. The van der Waals surface area contributed by atoms with Crippen molar-refractivity contribution >= 4 is 11.9 Å². The van der Waals surface area contributed by atoms with Crippen LogP contribution in [0.4, 0.5) is 4.79 Å². The topological polar surface area (TPSA) is 61.9 Å². The van der Waals surface area contributed by atoms with Crippen LogP contribution in [-0.2, 0) is 9.53 Å². The molecule has 0 aromatic rings. The Balaban J connectivity index is 1.79. The quantitative estimate of drug-likeness (QED) is 0.758. The van der Waals surface area contributed by atoms with Gasteiger partial charge in [-0.15, -0.1) is 0 Å². The summed E-state index contributed by atoms with van der Waals surface area (Å²) in [5.74, 6) is 0.0862. The Morgan fingerprint density at radius 1 is 1.22 bits per heavy atom. The van der Waals surface area contributed by atoms with Crippen LogP contribution < -0.4 is 5.32 Å². The molecule has 0 aromatic heterocycles. The van der Waals surface area contributed by atoms with Crippen LogP contribution in [0, 0.1) is 0 Å². The molecule has 1 unspecified atom stereocenters. The van der Waals surface area contributed by atoms with E-state index in [1.165, 1.54) is 0 Å². The van der Waals surface area contributed by atoms with E-state index in [9.17, 15) is 9.59 Å². The minimum atomic E-state index is -0.249. The number of piperazine rings is 1. The molecule has 2 rings (SSSR count). The van der Waals surface area contributed by atoms with Gasteiger partial charge in [-0.3, -0.25) is 4.79 Å². The molecule has 6 heteroatoms. The maximum atomic E-state index is 12.1. The van der Waals surface area contributed by atoms with Crippen molar-refractivity contribution in [3.8, 4) is 0 Å². The van der Waals surface area contributed by atoms with E-state index in [1.54, 1.807) is 4.90 Å². The molecule has 18 heavy (non-hydrogen) atoms. The van der Waals surface area contributed by atoms with Gasteiger partial charge < -0.3 is 19.9 Å². The predicted octanol–water partition coefficient (Wildman–Crippen LogP) is 0.0391. The van der Waals surface area contributed by atoms with Gasteiger partial charge in [0.05, 0.1) is 0 Å². The second kappa shape index (κ2) is 6.04. The Morgan fingerprint density at radius 3 is 2.44 bits per heavy atom. The number of rotatable bonds is 2. The summed E-state index contributed by atoms with van der Waals surface area (Å²) in [6.45, 7) is 5.64. The molecule has 0 aliphatic carbocycles. The van der Waals surface area contributed by atoms with E-state index in [0.29, 0.717) is 39.3 Å². The summed E-state index contributed by atoms with van der Waals surface area (Å²) in [4.78, 5) is 27.3. The van der Waals surface area contributed by atoms with Gasteiger partial charge >= 0.3 is 6.03 Å². The zero-order valence-electron chi connectivity index (χ0n) is 10.9. The van der Waals surface area contributed by atoms with E-state index < -0.39 is 0 Å². The molecule has 3 amide bonds. The third-order valence-corrected chi connectivity index (χ3v) is 3.41. The average molecular weight is 255 g/mol. The fourth-order valence-electron chi connectivity index (χ4n) is 2.37. The molecule has 2 aliphatic rings. The summed E-state index contributed by atoms with van der Waals surface area (Å²) in [5.41, 5.74) is 0. The normalized spacial score (nSPS) is 24.2. The summed E-state index contributed by atoms with van der Waals surface area (Å²) in [5, 5.41) is 2.77. The summed E-state index contributed by atoms with van der Waals surface area (Å²) >= 11 is 0. The van der Waals surface area contributed by atoms with Gasteiger partial charge in [-0.25, -0.2) is 4.79 Å². The van der Waals surface area contributed by atoms with Crippen molar-refractivity contribution in [2.45, 2.75) is 25.9 Å². The second-order valence-electron chi connectivity index (χ2n) is 4.65. The summed E-state index contributed by atoms with van der Waals surface area (Å²) < 4.78 is 5.40. The number of ether oxygens (including phenoxy) is 1. The van der Waals surface area contributed by atoms with Crippen molar-refractivity contribution in [1.29, 1.82) is 0 Å². The lowest BCUT2D eigenvalue weighted by Crippen LogP contribution is -2.54. The van der Waals surface area contributed by atoms with Crippen LogP contribution in [0.25, 0.3) is 0 Å². The smallest absolute Gasteiger partial charge is 0.317 e. The van der Waals surface area contributed by atoms with Crippen LogP contribution in [-0.4, -0.2) is 67.2 Å². The van der Waals surface area contributed by atoms with Crippen molar-refractivity contribution in [3.05, 3.63) is 0 Å². The molecule has 1 atom stereocenters. The van der Waals surface area contributed by atoms with Gasteiger partial charge in [0.2, 0.25) is 0 Å². The fraction of sp³-hybridized carbons (Fsp3) is 0.833. The number of urea groups is 1. The standard InChI is InChI=1S/C12H21N3O3/c1-2-13-12(17)15-7-5-14(6-8-15)11(16)10-4-3-9-18-10/h10H,2-9H2,1H3,(H,13,17). The van der Waals surface area contributed by atoms with E-state index in [-0.39, 0.29) is 18.0 Å². The van der Waals surface area contributed by atoms with Gasteiger partial charge in [0.1, 0.15) is 6.10 Å². The van der Waals surface area contributed by atoms with Crippen LogP contribution >= 0.6 is 0 Å². The molecule has 0 radical (unpaired) electrons. The molecular weight excluding hydrogens is 234 g/mol. The van der Waals surface area contributed by atoms with Crippen LogP contribution in [0.2, 0.25) is 0 Å². The zero-order chi connectivity index (χ0) is 13.0. The van der Waals surface area contributed by atoms with Gasteiger partial charge in [0, 0.05) is 39.3 Å². The van der Waals surface area contributed by atoms with Crippen LogP contribution in [0.1, 0.15) is 19.8 Å². The number of nitrogens with one attached hydrogen (secondary N) is 1. The van der Waals surface area contributed by atoms with Gasteiger partial charge in [-0.2, -0.15) is 0 Å². The zero-order valence-corrected chi connectivity index (χ0v) is 10.9.